The van der Waals surface area contributed by atoms with E-state index >= 15 is 0 Å². The molecule has 0 atom stereocenters. The fourth-order valence-corrected chi connectivity index (χ4v) is 3.06. The number of hydrogen-bond donors (Lipinski definition) is 0. The first-order valence-electron chi connectivity index (χ1n) is 8.06. The topological polar surface area (TPSA) is 32.8 Å². The van der Waals surface area contributed by atoms with E-state index in [-0.39, 0.29) is 5.97 Å². The smallest absolute Gasteiger partial charge is 0.337 e. The minimum absolute atomic E-state index is 0.293. The predicted molar refractivity (Wildman–Crippen MR) is 96.7 cm³/mol. The minimum atomic E-state index is -0.293. The lowest BCUT2D eigenvalue weighted by atomic mass is 10.1. The minimum Gasteiger partial charge on any atom is -0.465 e. The number of halogens is 1. The summed E-state index contributed by atoms with van der Waals surface area (Å²) in [5.41, 5.74) is 3.03. The second kappa shape index (κ2) is 7.69. The third kappa shape index (κ3) is 4.08. The van der Waals surface area contributed by atoms with Crippen LogP contribution in [0.1, 0.15) is 15.9 Å². The van der Waals surface area contributed by atoms with Crippen molar-refractivity contribution in [2.45, 2.75) is 6.54 Å². The molecule has 0 aliphatic carbocycles. The van der Waals surface area contributed by atoms with Crippen molar-refractivity contribution in [2.75, 3.05) is 38.2 Å². The highest BCUT2D eigenvalue weighted by Gasteiger charge is 2.17. The summed E-state index contributed by atoms with van der Waals surface area (Å²) in [5, 5.41) is 0.771. The highest BCUT2D eigenvalue weighted by molar-refractivity contribution is 6.30. The first kappa shape index (κ1) is 16.8. The molecule has 1 aliphatic rings. The Bertz CT molecular complexity index is 678. The first-order valence-corrected chi connectivity index (χ1v) is 8.43. The summed E-state index contributed by atoms with van der Waals surface area (Å²) < 4.78 is 4.72. The number of ether oxygens (including phenoxy) is 1. The molecule has 2 aromatic rings. The van der Waals surface area contributed by atoms with Crippen molar-refractivity contribution in [1.29, 1.82) is 0 Å². The number of benzene rings is 2. The van der Waals surface area contributed by atoms with Gasteiger partial charge in [0.2, 0.25) is 0 Å². The van der Waals surface area contributed by atoms with Gasteiger partial charge in [-0.1, -0.05) is 23.7 Å². The quantitative estimate of drug-likeness (QED) is 0.795. The molecule has 1 saturated heterocycles. The molecule has 1 aliphatic heterocycles. The molecule has 2 aromatic carbocycles. The Morgan fingerprint density at radius 2 is 1.62 bits per heavy atom. The largest absolute Gasteiger partial charge is 0.465 e. The molecule has 0 amide bonds. The number of anilines is 1. The molecule has 24 heavy (non-hydrogen) atoms. The van der Waals surface area contributed by atoms with E-state index in [0.29, 0.717) is 5.56 Å². The predicted octanol–water partition coefficient (Wildman–Crippen LogP) is 3.45. The summed E-state index contributed by atoms with van der Waals surface area (Å²) in [7, 11) is 1.40. The van der Waals surface area contributed by atoms with Crippen molar-refractivity contribution in [3.63, 3.8) is 0 Å². The van der Waals surface area contributed by atoms with Gasteiger partial charge in [0, 0.05) is 43.4 Å². The summed E-state index contributed by atoms with van der Waals surface area (Å²) in [5.74, 6) is -0.293. The third-order valence-electron chi connectivity index (χ3n) is 4.35. The van der Waals surface area contributed by atoms with E-state index in [2.05, 4.69) is 21.9 Å². The Morgan fingerprint density at radius 1 is 1.00 bits per heavy atom. The average Bonchev–Trinajstić information content (AvgIpc) is 2.63. The van der Waals surface area contributed by atoms with Gasteiger partial charge in [-0.15, -0.1) is 0 Å². The maximum atomic E-state index is 11.5. The van der Waals surface area contributed by atoms with Crippen LogP contribution in [0.2, 0.25) is 5.02 Å². The Hall–Kier alpha value is -2.04. The lowest BCUT2D eigenvalue weighted by molar-refractivity contribution is 0.0600. The molecule has 126 valence electrons. The van der Waals surface area contributed by atoms with Crippen molar-refractivity contribution in [3.8, 4) is 0 Å². The maximum absolute atomic E-state index is 11.5. The van der Waals surface area contributed by atoms with Crippen LogP contribution >= 0.6 is 11.6 Å². The lowest BCUT2D eigenvalue weighted by Crippen LogP contribution is -2.45. The first-order chi connectivity index (χ1) is 11.7. The van der Waals surface area contributed by atoms with Crippen LogP contribution in [0.5, 0.6) is 0 Å². The van der Waals surface area contributed by atoms with Gasteiger partial charge in [0.1, 0.15) is 0 Å². The standard InChI is InChI=1S/C19H21ClN2O2/c1-24-19(23)16-4-2-15(3-5-16)14-21-10-12-22(13-11-21)18-8-6-17(20)7-9-18/h2-9H,10-14H2,1H3. The molecule has 0 spiro atoms. The normalized spacial score (nSPS) is 15.3. The fraction of sp³-hybridized carbons (Fsp3) is 0.316. The van der Waals surface area contributed by atoms with Crippen LogP contribution < -0.4 is 4.90 Å². The molecule has 0 radical (unpaired) electrons. The monoisotopic (exact) mass is 344 g/mol. The number of carbonyl (C=O) groups is 1. The van der Waals surface area contributed by atoms with Crippen molar-refractivity contribution in [3.05, 3.63) is 64.7 Å². The van der Waals surface area contributed by atoms with E-state index in [1.54, 1.807) is 0 Å². The third-order valence-corrected chi connectivity index (χ3v) is 4.60. The second-order valence-corrected chi connectivity index (χ2v) is 6.36. The number of piperazine rings is 1. The van der Waals surface area contributed by atoms with Crippen LogP contribution in [0, 0.1) is 0 Å². The van der Waals surface area contributed by atoms with Crippen LogP contribution in [-0.4, -0.2) is 44.2 Å². The average molecular weight is 345 g/mol. The summed E-state index contributed by atoms with van der Waals surface area (Å²) in [6.07, 6.45) is 0. The van der Waals surface area contributed by atoms with Gasteiger partial charge in [-0.2, -0.15) is 0 Å². The molecular formula is C19H21ClN2O2. The highest BCUT2D eigenvalue weighted by Crippen LogP contribution is 2.20. The van der Waals surface area contributed by atoms with E-state index in [1.807, 2.05) is 36.4 Å². The van der Waals surface area contributed by atoms with E-state index in [9.17, 15) is 4.79 Å². The van der Waals surface area contributed by atoms with Crippen LogP contribution in [0.15, 0.2) is 48.5 Å². The summed E-state index contributed by atoms with van der Waals surface area (Å²) in [6.45, 7) is 4.93. The molecule has 3 rings (SSSR count). The number of nitrogens with zero attached hydrogens (tertiary/aromatic N) is 2. The molecule has 0 bridgehead atoms. The van der Waals surface area contributed by atoms with Gasteiger partial charge in [-0.05, 0) is 42.0 Å². The molecular weight excluding hydrogens is 324 g/mol. The van der Waals surface area contributed by atoms with E-state index in [1.165, 1.54) is 18.4 Å². The molecule has 1 fully saturated rings. The Balaban J connectivity index is 1.53. The lowest BCUT2D eigenvalue weighted by Gasteiger charge is -2.36. The summed E-state index contributed by atoms with van der Waals surface area (Å²) in [6, 6.07) is 15.7. The van der Waals surface area contributed by atoms with Crippen LogP contribution in [0.4, 0.5) is 5.69 Å². The van der Waals surface area contributed by atoms with Gasteiger partial charge in [-0.3, -0.25) is 4.90 Å². The zero-order chi connectivity index (χ0) is 16.9. The van der Waals surface area contributed by atoms with Crippen molar-refractivity contribution < 1.29 is 9.53 Å². The van der Waals surface area contributed by atoms with Crippen LogP contribution in [-0.2, 0) is 11.3 Å². The Kier molecular flexibility index (Phi) is 5.38. The van der Waals surface area contributed by atoms with Gasteiger partial charge in [0.15, 0.2) is 0 Å². The number of carbonyl (C=O) groups excluding carboxylic acids is 1. The van der Waals surface area contributed by atoms with Crippen molar-refractivity contribution in [1.82, 2.24) is 4.90 Å². The molecule has 0 unspecified atom stereocenters. The Labute approximate surface area is 147 Å². The van der Waals surface area contributed by atoms with Gasteiger partial charge < -0.3 is 9.64 Å². The molecule has 0 saturated carbocycles. The highest BCUT2D eigenvalue weighted by atomic mass is 35.5. The van der Waals surface area contributed by atoms with Crippen LogP contribution in [0.3, 0.4) is 0 Å². The van der Waals surface area contributed by atoms with E-state index < -0.39 is 0 Å². The zero-order valence-corrected chi connectivity index (χ0v) is 14.5. The molecule has 1 heterocycles. The van der Waals surface area contributed by atoms with E-state index in [4.69, 9.17) is 16.3 Å². The maximum Gasteiger partial charge on any atom is 0.337 e. The van der Waals surface area contributed by atoms with Crippen LogP contribution in [0.25, 0.3) is 0 Å². The SMILES string of the molecule is COC(=O)c1ccc(CN2CCN(c3ccc(Cl)cc3)CC2)cc1. The molecule has 5 heteroatoms. The number of esters is 1. The second-order valence-electron chi connectivity index (χ2n) is 5.93. The van der Waals surface area contributed by atoms with Gasteiger partial charge in [-0.25, -0.2) is 4.79 Å². The molecule has 0 N–H and O–H groups in total. The van der Waals surface area contributed by atoms with Crippen molar-refractivity contribution in [2.24, 2.45) is 0 Å². The summed E-state index contributed by atoms with van der Waals surface area (Å²) >= 11 is 5.95. The number of hydrogen-bond acceptors (Lipinski definition) is 4. The zero-order valence-electron chi connectivity index (χ0n) is 13.7. The molecule has 0 aromatic heterocycles. The number of methoxy groups -OCH3 is 1. The fourth-order valence-electron chi connectivity index (χ4n) is 2.94. The Morgan fingerprint density at radius 3 is 2.21 bits per heavy atom. The number of rotatable bonds is 4. The summed E-state index contributed by atoms with van der Waals surface area (Å²) in [4.78, 5) is 16.3. The van der Waals surface area contributed by atoms with Gasteiger partial charge in [0.05, 0.1) is 12.7 Å². The van der Waals surface area contributed by atoms with Crippen molar-refractivity contribution >= 4 is 23.3 Å². The van der Waals surface area contributed by atoms with Gasteiger partial charge >= 0.3 is 5.97 Å². The van der Waals surface area contributed by atoms with Gasteiger partial charge in [0.25, 0.3) is 0 Å². The van der Waals surface area contributed by atoms with E-state index in [0.717, 1.165) is 37.7 Å². The molecule has 4 nitrogen and oxygen atoms in total.